The van der Waals surface area contributed by atoms with Gasteiger partial charge in [0.1, 0.15) is 0 Å². The van der Waals surface area contributed by atoms with E-state index in [1.165, 1.54) is 0 Å². The van der Waals surface area contributed by atoms with Crippen molar-refractivity contribution in [3.8, 4) is 0 Å². The highest BCUT2D eigenvalue weighted by molar-refractivity contribution is 6.28. The maximum atomic E-state index is 12.0. The van der Waals surface area contributed by atoms with E-state index in [0.717, 1.165) is 5.69 Å². The summed E-state index contributed by atoms with van der Waals surface area (Å²) in [6.45, 7) is 1.16. The number of nitrogens with zero attached hydrogens (tertiary/aromatic N) is 2. The van der Waals surface area contributed by atoms with Gasteiger partial charge in [-0.2, -0.15) is 0 Å². The summed E-state index contributed by atoms with van der Waals surface area (Å²) < 4.78 is 5.29. The van der Waals surface area contributed by atoms with Crippen LogP contribution in [0.1, 0.15) is 18.5 Å². The largest absolute Gasteiger partial charge is 0.381 e. The summed E-state index contributed by atoms with van der Waals surface area (Å²) in [5.74, 6) is -0.0117. The second-order valence-electron chi connectivity index (χ2n) is 4.05. The molecule has 16 heavy (non-hydrogen) atoms. The summed E-state index contributed by atoms with van der Waals surface area (Å²) in [4.78, 5) is 20.1. The number of ether oxygens (including phenoxy) is 1. The highest BCUT2D eigenvalue weighted by atomic mass is 35.5. The Labute approximate surface area is 97.2 Å². The molecule has 1 amide bonds. The molecule has 1 saturated heterocycles. The van der Waals surface area contributed by atoms with Crippen LogP contribution in [0.4, 0.5) is 5.69 Å². The fraction of sp³-hybridized carbons (Fsp3) is 0.500. The van der Waals surface area contributed by atoms with Crippen molar-refractivity contribution in [2.45, 2.75) is 18.3 Å². The minimum atomic E-state index is -0.555. The van der Waals surface area contributed by atoms with Gasteiger partial charge in [0.25, 0.3) is 0 Å². The number of carbonyl (C=O) groups excluding carboxylic acids is 1. The summed E-state index contributed by atoms with van der Waals surface area (Å²) >= 11 is 5.78. The fourth-order valence-corrected chi connectivity index (χ4v) is 2.48. The maximum absolute atomic E-state index is 12.0. The molecule has 0 aromatic carbocycles. The molecule has 1 aromatic rings. The number of hydrogen-bond donors (Lipinski definition) is 1. The second kappa shape index (κ2) is 3.40. The van der Waals surface area contributed by atoms with Crippen molar-refractivity contribution in [2.24, 2.45) is 0 Å². The van der Waals surface area contributed by atoms with Gasteiger partial charge in [-0.25, -0.2) is 9.97 Å². The molecular formula is C10H10ClN3O2. The lowest BCUT2D eigenvalue weighted by atomic mass is 9.78. The predicted molar refractivity (Wildman–Crippen MR) is 57.4 cm³/mol. The van der Waals surface area contributed by atoms with Gasteiger partial charge < -0.3 is 10.1 Å². The number of carbonyl (C=O) groups is 1. The third-order valence-electron chi connectivity index (χ3n) is 3.24. The smallest absolute Gasteiger partial charge is 0.236 e. The molecule has 2 aliphatic heterocycles. The van der Waals surface area contributed by atoms with E-state index >= 15 is 0 Å². The van der Waals surface area contributed by atoms with Crippen LogP contribution in [0.3, 0.4) is 0 Å². The molecule has 84 valence electrons. The molecule has 1 spiro atoms. The molecule has 0 bridgehead atoms. The third kappa shape index (κ3) is 1.25. The van der Waals surface area contributed by atoms with Crippen molar-refractivity contribution in [1.82, 2.24) is 9.97 Å². The first kappa shape index (κ1) is 9.99. The first-order valence-corrected chi connectivity index (χ1v) is 5.52. The molecule has 0 aliphatic carbocycles. The van der Waals surface area contributed by atoms with E-state index in [-0.39, 0.29) is 11.2 Å². The van der Waals surface area contributed by atoms with Crippen molar-refractivity contribution in [2.75, 3.05) is 18.5 Å². The minimum absolute atomic E-state index is 0.0117. The van der Waals surface area contributed by atoms with Crippen LogP contribution in [-0.2, 0) is 14.9 Å². The highest BCUT2D eigenvalue weighted by Crippen LogP contribution is 2.43. The summed E-state index contributed by atoms with van der Waals surface area (Å²) in [5, 5.41) is 2.99. The van der Waals surface area contributed by atoms with E-state index < -0.39 is 5.41 Å². The lowest BCUT2D eigenvalue weighted by Gasteiger charge is -2.30. The number of halogens is 1. The molecule has 0 saturated carbocycles. The maximum Gasteiger partial charge on any atom is 0.236 e. The van der Waals surface area contributed by atoms with Crippen molar-refractivity contribution in [3.63, 3.8) is 0 Å². The molecule has 1 N–H and O–H groups in total. The molecular weight excluding hydrogens is 230 g/mol. The molecule has 0 unspecified atom stereocenters. The zero-order valence-corrected chi connectivity index (χ0v) is 9.25. The normalized spacial score (nSPS) is 21.9. The molecule has 6 heteroatoms. The average Bonchev–Trinajstić information content (AvgIpc) is 2.55. The number of amides is 1. The first-order valence-electron chi connectivity index (χ1n) is 5.15. The van der Waals surface area contributed by atoms with Crippen molar-refractivity contribution in [3.05, 3.63) is 17.2 Å². The Kier molecular flexibility index (Phi) is 2.12. The molecule has 3 rings (SSSR count). The zero-order chi connectivity index (χ0) is 11.2. The topological polar surface area (TPSA) is 64.1 Å². The Hall–Kier alpha value is -1.20. The van der Waals surface area contributed by atoms with Crippen molar-refractivity contribution >= 4 is 23.2 Å². The number of aromatic nitrogens is 2. The van der Waals surface area contributed by atoms with E-state index in [1.807, 2.05) is 0 Å². The van der Waals surface area contributed by atoms with Gasteiger partial charge in [0.15, 0.2) is 0 Å². The van der Waals surface area contributed by atoms with E-state index in [1.54, 1.807) is 6.20 Å². The Bertz CT molecular complexity index is 457. The molecule has 1 aromatic heterocycles. The highest BCUT2D eigenvalue weighted by Gasteiger charge is 2.49. The summed E-state index contributed by atoms with van der Waals surface area (Å²) in [6, 6.07) is 0. The van der Waals surface area contributed by atoms with Crippen LogP contribution in [0.25, 0.3) is 0 Å². The van der Waals surface area contributed by atoms with E-state index in [0.29, 0.717) is 31.7 Å². The fourth-order valence-electron chi connectivity index (χ4n) is 2.35. The monoisotopic (exact) mass is 239 g/mol. The molecule has 0 radical (unpaired) electrons. The summed E-state index contributed by atoms with van der Waals surface area (Å²) in [5.41, 5.74) is 0.845. The van der Waals surface area contributed by atoms with E-state index in [4.69, 9.17) is 16.3 Å². The predicted octanol–water partition coefficient (Wildman–Crippen LogP) is 1.13. The van der Waals surface area contributed by atoms with Crippen LogP contribution in [0, 0.1) is 0 Å². The Morgan fingerprint density at radius 1 is 1.44 bits per heavy atom. The van der Waals surface area contributed by atoms with Crippen molar-refractivity contribution in [1.29, 1.82) is 0 Å². The summed E-state index contributed by atoms with van der Waals surface area (Å²) in [7, 11) is 0. The van der Waals surface area contributed by atoms with Crippen LogP contribution in [-0.4, -0.2) is 29.1 Å². The first-order chi connectivity index (χ1) is 7.72. The number of nitrogens with one attached hydrogen (secondary N) is 1. The van der Waals surface area contributed by atoms with E-state index in [2.05, 4.69) is 15.3 Å². The number of fused-ring (bicyclic) bond motifs is 2. The van der Waals surface area contributed by atoms with Crippen LogP contribution < -0.4 is 5.32 Å². The quantitative estimate of drug-likeness (QED) is 0.690. The molecule has 5 nitrogen and oxygen atoms in total. The lowest BCUT2D eigenvalue weighted by molar-refractivity contribution is -0.124. The standard InChI is InChI=1S/C10H10ClN3O2/c11-9-12-5-6-7(14-9)10(8(15)13-6)1-3-16-4-2-10/h5H,1-4H2,(H,13,15). The van der Waals surface area contributed by atoms with Crippen LogP contribution >= 0.6 is 11.6 Å². The van der Waals surface area contributed by atoms with Gasteiger partial charge in [-0.15, -0.1) is 0 Å². The van der Waals surface area contributed by atoms with Gasteiger partial charge in [0.2, 0.25) is 11.2 Å². The van der Waals surface area contributed by atoms with Gasteiger partial charge >= 0.3 is 0 Å². The van der Waals surface area contributed by atoms with Crippen molar-refractivity contribution < 1.29 is 9.53 Å². The number of hydrogen-bond acceptors (Lipinski definition) is 4. The average molecular weight is 240 g/mol. The zero-order valence-electron chi connectivity index (χ0n) is 8.49. The van der Waals surface area contributed by atoms with Gasteiger partial charge in [0, 0.05) is 13.2 Å². The minimum Gasteiger partial charge on any atom is -0.381 e. The lowest BCUT2D eigenvalue weighted by Crippen LogP contribution is -2.40. The second-order valence-corrected chi connectivity index (χ2v) is 4.39. The Morgan fingerprint density at radius 2 is 2.19 bits per heavy atom. The molecule has 3 heterocycles. The van der Waals surface area contributed by atoms with Gasteiger partial charge in [-0.3, -0.25) is 4.79 Å². The SMILES string of the molecule is O=C1Nc2cnc(Cl)nc2C12CCOCC2. The third-order valence-corrected chi connectivity index (χ3v) is 3.42. The van der Waals surface area contributed by atoms with Gasteiger partial charge in [0.05, 0.1) is 23.0 Å². The molecule has 2 aliphatic rings. The van der Waals surface area contributed by atoms with Crippen LogP contribution in [0.5, 0.6) is 0 Å². The molecule has 1 fully saturated rings. The van der Waals surface area contributed by atoms with Crippen LogP contribution in [0.15, 0.2) is 6.20 Å². The number of rotatable bonds is 0. The van der Waals surface area contributed by atoms with E-state index in [9.17, 15) is 4.79 Å². The van der Waals surface area contributed by atoms with Crippen LogP contribution in [0.2, 0.25) is 5.28 Å². The Balaban J connectivity index is 2.13. The van der Waals surface area contributed by atoms with Gasteiger partial charge in [-0.1, -0.05) is 0 Å². The summed E-state index contributed by atoms with van der Waals surface area (Å²) in [6.07, 6.45) is 2.87. The molecule has 0 atom stereocenters. The number of anilines is 1. The Morgan fingerprint density at radius 3 is 2.94 bits per heavy atom. The van der Waals surface area contributed by atoms with Gasteiger partial charge in [-0.05, 0) is 24.4 Å².